The van der Waals surface area contributed by atoms with E-state index in [1.54, 1.807) is 11.3 Å². The van der Waals surface area contributed by atoms with Gasteiger partial charge >= 0.3 is 0 Å². The summed E-state index contributed by atoms with van der Waals surface area (Å²) >= 11 is 5.15. The van der Waals surface area contributed by atoms with Crippen LogP contribution in [0.3, 0.4) is 0 Å². The van der Waals surface area contributed by atoms with Crippen molar-refractivity contribution in [2.75, 3.05) is 0 Å². The quantitative estimate of drug-likeness (QED) is 0.943. The summed E-state index contributed by atoms with van der Waals surface area (Å²) < 4.78 is 3.01. The van der Waals surface area contributed by atoms with Gasteiger partial charge in [-0.25, -0.2) is 0 Å². The van der Waals surface area contributed by atoms with E-state index in [-0.39, 0.29) is 6.04 Å². The minimum atomic E-state index is 0.117. The van der Waals surface area contributed by atoms with Crippen LogP contribution in [0.2, 0.25) is 0 Å². The van der Waals surface area contributed by atoms with Gasteiger partial charge in [-0.3, -0.25) is 4.68 Å². The fraction of sp³-hybridized carbons (Fsp3) is 0.364. The molecular formula is C11H14BrN3S. The molecule has 3 nitrogen and oxygen atoms in total. The highest BCUT2D eigenvalue weighted by molar-refractivity contribution is 9.10. The molecule has 1 unspecified atom stereocenters. The Kier molecular flexibility index (Phi) is 3.78. The summed E-state index contributed by atoms with van der Waals surface area (Å²) in [6, 6.07) is 4.25. The zero-order valence-corrected chi connectivity index (χ0v) is 11.5. The molecule has 0 fully saturated rings. The van der Waals surface area contributed by atoms with Crippen LogP contribution in [0.5, 0.6) is 0 Å². The molecular weight excluding hydrogens is 286 g/mol. The Balaban J connectivity index is 1.93. The topological polar surface area (TPSA) is 43.8 Å². The van der Waals surface area contributed by atoms with Gasteiger partial charge in [-0.1, -0.05) is 0 Å². The highest BCUT2D eigenvalue weighted by Gasteiger charge is 2.09. The van der Waals surface area contributed by atoms with Crippen LogP contribution in [-0.4, -0.2) is 9.78 Å². The Morgan fingerprint density at radius 2 is 2.44 bits per heavy atom. The first kappa shape index (κ1) is 11.8. The van der Waals surface area contributed by atoms with Gasteiger partial charge in [0.25, 0.3) is 0 Å². The molecule has 0 aliphatic carbocycles. The monoisotopic (exact) mass is 299 g/mol. The number of rotatable bonds is 4. The summed E-state index contributed by atoms with van der Waals surface area (Å²) in [4.78, 5) is 1.23. The van der Waals surface area contributed by atoms with E-state index >= 15 is 0 Å². The molecule has 0 amide bonds. The van der Waals surface area contributed by atoms with Crippen molar-refractivity contribution in [3.8, 4) is 0 Å². The molecule has 86 valence electrons. The van der Waals surface area contributed by atoms with Gasteiger partial charge in [0.15, 0.2) is 0 Å². The Labute approximate surface area is 107 Å². The van der Waals surface area contributed by atoms with Crippen LogP contribution in [0.1, 0.15) is 23.0 Å². The van der Waals surface area contributed by atoms with Crippen molar-refractivity contribution >= 4 is 27.3 Å². The van der Waals surface area contributed by atoms with Crippen molar-refractivity contribution < 1.29 is 0 Å². The zero-order chi connectivity index (χ0) is 11.5. The van der Waals surface area contributed by atoms with Crippen LogP contribution < -0.4 is 5.73 Å². The van der Waals surface area contributed by atoms with Crippen molar-refractivity contribution in [1.82, 2.24) is 9.78 Å². The lowest BCUT2D eigenvalue weighted by molar-refractivity contribution is 0.620. The molecule has 0 bridgehead atoms. The second kappa shape index (κ2) is 5.12. The number of hydrogen-bond acceptors (Lipinski definition) is 3. The normalized spacial score (nSPS) is 12.9. The van der Waals surface area contributed by atoms with Crippen LogP contribution in [0.4, 0.5) is 0 Å². The van der Waals surface area contributed by atoms with Gasteiger partial charge in [0.1, 0.15) is 0 Å². The number of nitrogens with zero attached hydrogens (tertiary/aromatic N) is 2. The maximum Gasteiger partial charge on any atom is 0.0492 e. The molecule has 2 rings (SSSR count). The zero-order valence-electron chi connectivity index (χ0n) is 9.06. The van der Waals surface area contributed by atoms with Gasteiger partial charge in [-0.05, 0) is 40.9 Å². The Hall–Kier alpha value is -0.650. The van der Waals surface area contributed by atoms with Crippen LogP contribution in [-0.2, 0) is 13.5 Å². The molecule has 0 spiro atoms. The van der Waals surface area contributed by atoms with E-state index < -0.39 is 0 Å². The lowest BCUT2D eigenvalue weighted by Crippen LogP contribution is -2.11. The first-order chi connectivity index (χ1) is 7.66. The van der Waals surface area contributed by atoms with Crippen LogP contribution in [0, 0.1) is 0 Å². The molecule has 2 aromatic heterocycles. The van der Waals surface area contributed by atoms with E-state index in [1.807, 2.05) is 24.0 Å². The third kappa shape index (κ3) is 2.72. The molecule has 1 atom stereocenters. The standard InChI is InChI=1S/C11H14BrN3S/c1-15-9(4-5-14-15)2-3-10(13)11-6-8(12)7-16-11/h4-7,10H,2-3,13H2,1H3. The molecule has 0 radical (unpaired) electrons. The minimum absolute atomic E-state index is 0.117. The highest BCUT2D eigenvalue weighted by atomic mass is 79.9. The SMILES string of the molecule is Cn1nccc1CCC(N)c1cc(Br)cs1. The van der Waals surface area contributed by atoms with Gasteiger partial charge in [-0.2, -0.15) is 5.10 Å². The molecule has 0 aromatic carbocycles. The van der Waals surface area contributed by atoms with Gasteiger partial charge in [-0.15, -0.1) is 11.3 Å². The molecule has 0 aliphatic rings. The van der Waals surface area contributed by atoms with Crippen molar-refractivity contribution in [1.29, 1.82) is 0 Å². The summed E-state index contributed by atoms with van der Waals surface area (Å²) in [6.07, 6.45) is 3.74. The largest absolute Gasteiger partial charge is 0.323 e. The highest BCUT2D eigenvalue weighted by Crippen LogP contribution is 2.26. The number of aromatic nitrogens is 2. The number of halogens is 1. The molecule has 0 aliphatic heterocycles. The van der Waals surface area contributed by atoms with Crippen molar-refractivity contribution in [3.05, 3.63) is 38.8 Å². The number of thiophene rings is 1. The number of nitrogens with two attached hydrogens (primary N) is 1. The van der Waals surface area contributed by atoms with Gasteiger partial charge in [0.2, 0.25) is 0 Å². The van der Waals surface area contributed by atoms with Gasteiger partial charge < -0.3 is 5.73 Å². The Morgan fingerprint density at radius 3 is 3.00 bits per heavy atom. The molecule has 2 aromatic rings. The van der Waals surface area contributed by atoms with Gasteiger partial charge in [0, 0.05) is 39.7 Å². The molecule has 16 heavy (non-hydrogen) atoms. The lowest BCUT2D eigenvalue weighted by Gasteiger charge is -2.09. The Morgan fingerprint density at radius 1 is 1.62 bits per heavy atom. The van der Waals surface area contributed by atoms with Gasteiger partial charge in [0.05, 0.1) is 0 Å². The van der Waals surface area contributed by atoms with E-state index in [1.165, 1.54) is 10.6 Å². The smallest absolute Gasteiger partial charge is 0.0492 e. The molecule has 5 heteroatoms. The fourth-order valence-electron chi connectivity index (χ4n) is 1.61. The summed E-state index contributed by atoms with van der Waals surface area (Å²) in [7, 11) is 1.96. The van der Waals surface area contributed by atoms with Crippen LogP contribution >= 0.6 is 27.3 Å². The maximum absolute atomic E-state index is 6.13. The second-order valence-electron chi connectivity index (χ2n) is 3.76. The number of aryl methyl sites for hydroxylation is 2. The summed E-state index contributed by atoms with van der Waals surface area (Å²) in [5.41, 5.74) is 7.36. The van der Waals surface area contributed by atoms with E-state index in [2.05, 4.69) is 32.5 Å². The van der Waals surface area contributed by atoms with Crippen LogP contribution in [0.15, 0.2) is 28.2 Å². The second-order valence-corrected chi connectivity index (χ2v) is 5.62. The molecule has 2 N–H and O–H groups in total. The summed E-state index contributed by atoms with van der Waals surface area (Å²) in [5, 5.41) is 6.21. The van der Waals surface area contributed by atoms with Crippen molar-refractivity contribution in [2.24, 2.45) is 12.8 Å². The van der Waals surface area contributed by atoms with E-state index in [4.69, 9.17) is 5.73 Å². The average Bonchev–Trinajstić information content (AvgIpc) is 2.84. The lowest BCUT2D eigenvalue weighted by atomic mass is 10.1. The summed E-state index contributed by atoms with van der Waals surface area (Å²) in [6.45, 7) is 0. The van der Waals surface area contributed by atoms with E-state index in [0.29, 0.717) is 0 Å². The maximum atomic E-state index is 6.13. The average molecular weight is 300 g/mol. The minimum Gasteiger partial charge on any atom is -0.323 e. The predicted molar refractivity (Wildman–Crippen MR) is 70.5 cm³/mol. The molecule has 0 saturated carbocycles. The first-order valence-electron chi connectivity index (χ1n) is 5.13. The first-order valence-corrected chi connectivity index (χ1v) is 6.80. The van der Waals surface area contributed by atoms with Crippen molar-refractivity contribution in [3.63, 3.8) is 0 Å². The third-order valence-electron chi connectivity index (χ3n) is 2.59. The van der Waals surface area contributed by atoms with Crippen LogP contribution in [0.25, 0.3) is 0 Å². The predicted octanol–water partition coefficient (Wildman–Crippen LogP) is 2.88. The van der Waals surface area contributed by atoms with E-state index in [0.717, 1.165) is 17.3 Å². The number of hydrogen-bond donors (Lipinski definition) is 1. The molecule has 2 heterocycles. The fourth-order valence-corrected chi connectivity index (χ4v) is 3.10. The van der Waals surface area contributed by atoms with E-state index in [9.17, 15) is 0 Å². The molecule has 0 saturated heterocycles. The Bertz CT molecular complexity index is 463. The van der Waals surface area contributed by atoms with Crippen molar-refractivity contribution in [2.45, 2.75) is 18.9 Å². The third-order valence-corrected chi connectivity index (χ3v) is 4.41. The summed E-state index contributed by atoms with van der Waals surface area (Å²) in [5.74, 6) is 0.